The quantitative estimate of drug-likeness (QED) is 0.108. The summed E-state index contributed by atoms with van der Waals surface area (Å²) in [4.78, 5) is 14.4. The van der Waals surface area contributed by atoms with Gasteiger partial charge >= 0.3 is 0 Å². The number of nitrogens with zero attached hydrogens (tertiary/aromatic N) is 2. The predicted octanol–water partition coefficient (Wildman–Crippen LogP) is 5.25. The number of piperazine rings is 1. The Balaban J connectivity index is 1.97. The van der Waals surface area contributed by atoms with Crippen molar-refractivity contribution in [1.29, 1.82) is 0 Å². The fourth-order valence-electron chi connectivity index (χ4n) is 4.55. The summed E-state index contributed by atoms with van der Waals surface area (Å²) in [5.74, 6) is -0.0418. The maximum Gasteiger partial charge on any atom is 0.222 e. The number of likely N-dealkylation sites (N-methyl/N-ethyl adjacent to an activating group) is 1. The summed E-state index contributed by atoms with van der Waals surface area (Å²) < 4.78 is 33.1. The van der Waals surface area contributed by atoms with E-state index in [2.05, 4.69) is 26.1 Å². The highest BCUT2D eigenvalue weighted by Gasteiger charge is 2.30. The van der Waals surface area contributed by atoms with Crippen LogP contribution in [0.2, 0.25) is 0 Å². The maximum atomic E-state index is 12.5. The summed E-state index contributed by atoms with van der Waals surface area (Å²) >= 11 is 0. The van der Waals surface area contributed by atoms with Gasteiger partial charge in [-0.1, -0.05) is 70.4 Å². The largest absolute Gasteiger partial charge is 0.748 e. The Labute approximate surface area is 204 Å². The number of hydrogen-bond donors (Lipinski definition) is 0. The third kappa shape index (κ3) is 16.4. The van der Waals surface area contributed by atoms with E-state index in [1.165, 1.54) is 70.6 Å². The highest BCUT2D eigenvalue weighted by Crippen LogP contribution is 2.15. The van der Waals surface area contributed by atoms with Crippen molar-refractivity contribution in [3.05, 3.63) is 12.2 Å². The van der Waals surface area contributed by atoms with Crippen molar-refractivity contribution in [2.24, 2.45) is 0 Å². The summed E-state index contributed by atoms with van der Waals surface area (Å²) in [6, 6.07) is 0. The van der Waals surface area contributed by atoms with Gasteiger partial charge in [-0.2, -0.15) is 0 Å². The monoisotopic (exact) mass is 486 g/mol. The summed E-state index contributed by atoms with van der Waals surface area (Å²) in [5.41, 5.74) is 0. The van der Waals surface area contributed by atoms with Gasteiger partial charge < -0.3 is 13.9 Å². The first-order valence-electron chi connectivity index (χ1n) is 13.5. The van der Waals surface area contributed by atoms with E-state index in [1.54, 1.807) is 0 Å². The molecule has 0 aromatic rings. The van der Waals surface area contributed by atoms with Crippen molar-refractivity contribution < 1.29 is 22.2 Å². The first-order valence-corrected chi connectivity index (χ1v) is 15.0. The Bertz CT molecular complexity index is 641. The number of quaternary nitrogens is 1. The second kappa shape index (κ2) is 17.5. The third-order valence-electron chi connectivity index (χ3n) is 6.92. The van der Waals surface area contributed by atoms with E-state index in [4.69, 9.17) is 0 Å². The number of allylic oxidation sites excluding steroid dienone is 2. The molecule has 194 valence electrons. The Kier molecular flexibility index (Phi) is 16.0. The number of unbranched alkanes of at least 4 members (excludes halogenated alkanes) is 11. The van der Waals surface area contributed by atoms with Crippen LogP contribution in [0.15, 0.2) is 12.2 Å². The Morgan fingerprint density at radius 2 is 1.36 bits per heavy atom. The molecule has 1 aliphatic heterocycles. The van der Waals surface area contributed by atoms with Gasteiger partial charge in [0.2, 0.25) is 5.91 Å². The first kappa shape index (κ1) is 30.1. The van der Waals surface area contributed by atoms with E-state index in [0.29, 0.717) is 19.4 Å². The van der Waals surface area contributed by atoms with Gasteiger partial charge in [0.15, 0.2) is 0 Å². The van der Waals surface area contributed by atoms with E-state index >= 15 is 0 Å². The number of hydrogen-bond acceptors (Lipinski definition) is 4. The molecular formula is C26H50N2O4S. The fourth-order valence-corrected chi connectivity index (χ4v) is 5.03. The zero-order valence-corrected chi connectivity index (χ0v) is 22.3. The van der Waals surface area contributed by atoms with Crippen LogP contribution in [0.4, 0.5) is 0 Å². The van der Waals surface area contributed by atoms with Crippen LogP contribution in [-0.4, -0.2) is 73.8 Å². The second-order valence-corrected chi connectivity index (χ2v) is 11.6. The fraction of sp³-hybridized carbons (Fsp3) is 0.885. The molecule has 0 spiro atoms. The second-order valence-electron chi connectivity index (χ2n) is 10.1. The van der Waals surface area contributed by atoms with Crippen molar-refractivity contribution in [2.75, 3.05) is 45.5 Å². The molecule has 0 unspecified atom stereocenters. The smallest absolute Gasteiger partial charge is 0.222 e. The standard InChI is InChI=1S/C26H50N2O4S/c1-3-4-5-6-7-8-9-10-11-12-13-14-15-16-17-19-26(29)27-20-23-28(2,24-21-27)22-18-25-33(30,31)32/h10-11H,3-9,12-25H2,1-2H3/b11-10-. The number of carbonyl (C=O) groups excluding carboxylic acids is 1. The molecule has 1 amide bonds. The van der Waals surface area contributed by atoms with Gasteiger partial charge in [-0.15, -0.1) is 0 Å². The number of carbonyl (C=O) groups is 1. The molecule has 33 heavy (non-hydrogen) atoms. The van der Waals surface area contributed by atoms with E-state index in [0.717, 1.165) is 43.5 Å². The Morgan fingerprint density at radius 3 is 1.91 bits per heavy atom. The van der Waals surface area contributed by atoms with Crippen molar-refractivity contribution in [1.82, 2.24) is 4.90 Å². The lowest BCUT2D eigenvalue weighted by molar-refractivity contribution is -0.913. The molecular weight excluding hydrogens is 436 g/mol. The molecule has 1 fully saturated rings. The minimum Gasteiger partial charge on any atom is -0.748 e. The topological polar surface area (TPSA) is 77.5 Å². The van der Waals surface area contributed by atoms with Gasteiger partial charge in [0.25, 0.3) is 0 Å². The van der Waals surface area contributed by atoms with E-state index in [1.807, 2.05) is 4.90 Å². The van der Waals surface area contributed by atoms with Gasteiger partial charge in [0, 0.05) is 18.6 Å². The molecule has 0 radical (unpaired) electrons. The van der Waals surface area contributed by atoms with Crippen LogP contribution in [0.5, 0.6) is 0 Å². The third-order valence-corrected chi connectivity index (χ3v) is 7.71. The van der Waals surface area contributed by atoms with Crippen molar-refractivity contribution >= 4 is 16.0 Å². The highest BCUT2D eigenvalue weighted by molar-refractivity contribution is 7.85. The van der Waals surface area contributed by atoms with Crippen LogP contribution in [-0.2, 0) is 14.9 Å². The molecule has 1 heterocycles. The molecule has 6 nitrogen and oxygen atoms in total. The Morgan fingerprint density at radius 1 is 0.848 bits per heavy atom. The van der Waals surface area contributed by atoms with Gasteiger partial charge in [-0.05, 0) is 32.1 Å². The zero-order chi connectivity index (χ0) is 24.4. The van der Waals surface area contributed by atoms with Crippen LogP contribution >= 0.6 is 0 Å². The molecule has 1 aliphatic rings. The van der Waals surface area contributed by atoms with Crippen molar-refractivity contribution in [2.45, 2.75) is 103 Å². The van der Waals surface area contributed by atoms with Crippen LogP contribution < -0.4 is 0 Å². The average Bonchev–Trinajstić information content (AvgIpc) is 2.75. The normalized spacial score (nSPS) is 16.5. The van der Waals surface area contributed by atoms with Crippen LogP contribution in [0.25, 0.3) is 0 Å². The molecule has 0 aliphatic carbocycles. The summed E-state index contributed by atoms with van der Waals surface area (Å²) in [5, 5.41) is 0. The molecule has 0 bridgehead atoms. The molecule has 0 N–H and O–H groups in total. The average molecular weight is 487 g/mol. The van der Waals surface area contributed by atoms with Crippen molar-refractivity contribution in [3.8, 4) is 0 Å². The molecule has 0 atom stereocenters. The first-order chi connectivity index (χ1) is 15.8. The lowest BCUT2D eigenvalue weighted by Gasteiger charge is -2.42. The summed E-state index contributed by atoms with van der Waals surface area (Å²) in [7, 11) is -2.05. The Hall–Kier alpha value is -0.920. The predicted molar refractivity (Wildman–Crippen MR) is 136 cm³/mol. The minimum absolute atomic E-state index is 0.251. The number of amides is 1. The highest BCUT2D eigenvalue weighted by atomic mass is 32.2. The van der Waals surface area contributed by atoms with Crippen LogP contribution in [0.3, 0.4) is 0 Å². The molecule has 0 aromatic carbocycles. The van der Waals surface area contributed by atoms with E-state index < -0.39 is 10.1 Å². The van der Waals surface area contributed by atoms with Crippen molar-refractivity contribution in [3.63, 3.8) is 0 Å². The summed E-state index contributed by atoms with van der Waals surface area (Å²) in [6.45, 7) is 6.05. The molecule has 0 aromatic heterocycles. The van der Waals surface area contributed by atoms with Gasteiger partial charge in [-0.25, -0.2) is 8.42 Å². The molecule has 1 saturated heterocycles. The molecule has 1 rings (SSSR count). The zero-order valence-electron chi connectivity index (χ0n) is 21.4. The van der Waals surface area contributed by atoms with Crippen LogP contribution in [0, 0.1) is 0 Å². The number of rotatable bonds is 19. The van der Waals surface area contributed by atoms with Gasteiger partial charge in [-0.3, -0.25) is 4.79 Å². The van der Waals surface area contributed by atoms with E-state index in [-0.39, 0.29) is 11.7 Å². The SMILES string of the molecule is CCCCCCCC/C=C\CCCCCCCC(=O)N1CC[N+](C)(CCCS(=O)(=O)[O-])CC1. The minimum atomic E-state index is -4.13. The molecule has 7 heteroatoms. The van der Waals surface area contributed by atoms with E-state index in [9.17, 15) is 17.8 Å². The van der Waals surface area contributed by atoms with Gasteiger partial charge in [0.05, 0.1) is 49.9 Å². The lowest BCUT2D eigenvalue weighted by Crippen LogP contribution is -2.58. The van der Waals surface area contributed by atoms with Gasteiger partial charge in [0.1, 0.15) is 0 Å². The van der Waals surface area contributed by atoms with Crippen LogP contribution in [0.1, 0.15) is 103 Å². The maximum absolute atomic E-state index is 12.5. The lowest BCUT2D eigenvalue weighted by atomic mass is 10.1. The molecule has 0 saturated carbocycles. The summed E-state index contributed by atoms with van der Waals surface area (Å²) in [6.07, 6.45) is 22.1.